The number of nitrogens with zero attached hydrogens (tertiary/aromatic N) is 2. The predicted molar refractivity (Wildman–Crippen MR) is 118 cm³/mol. The first-order valence-electron chi connectivity index (χ1n) is 9.68. The number of aromatic nitrogens is 3. The second-order valence-corrected chi connectivity index (χ2v) is 7.47. The number of aliphatic hydroxyl groups excluding tert-OH is 1. The number of hydrogen-bond acceptors (Lipinski definition) is 4. The number of fused-ring (bicyclic) bond motifs is 1. The van der Waals surface area contributed by atoms with Crippen LogP contribution < -0.4 is 5.32 Å². The molecule has 4 N–H and O–H groups in total. The Bertz CT molecular complexity index is 1290. The van der Waals surface area contributed by atoms with Gasteiger partial charge in [-0.05, 0) is 42.0 Å². The second kappa shape index (κ2) is 10.4. The summed E-state index contributed by atoms with van der Waals surface area (Å²) in [6.45, 7) is 0.118. The second-order valence-electron chi connectivity index (χ2n) is 7.03. The van der Waals surface area contributed by atoms with Crippen molar-refractivity contribution in [3.8, 4) is 5.69 Å². The normalized spacial score (nSPS) is 12.0. The number of alkyl halides is 3. The number of amides is 1. The lowest BCUT2D eigenvalue weighted by Gasteiger charge is -2.12. The summed E-state index contributed by atoms with van der Waals surface area (Å²) in [6, 6.07) is 14.5. The van der Waals surface area contributed by atoms with Gasteiger partial charge in [0.2, 0.25) is 0 Å². The Labute approximate surface area is 195 Å². The first-order chi connectivity index (χ1) is 16.0. The lowest BCUT2D eigenvalue weighted by molar-refractivity contribution is -0.192. The Morgan fingerprint density at radius 1 is 1.15 bits per heavy atom. The summed E-state index contributed by atoms with van der Waals surface area (Å²) >= 11 is 5.84. The molecule has 0 bridgehead atoms. The molecule has 1 atom stereocenters. The number of hydrogen-bond donors (Lipinski definition) is 4. The van der Waals surface area contributed by atoms with Crippen molar-refractivity contribution in [1.82, 2.24) is 20.1 Å². The van der Waals surface area contributed by atoms with Crippen molar-refractivity contribution in [1.29, 1.82) is 0 Å². The minimum Gasteiger partial charge on any atom is -0.475 e. The number of halogens is 4. The van der Waals surface area contributed by atoms with Crippen LogP contribution in [0.15, 0.2) is 67.1 Å². The van der Waals surface area contributed by atoms with Crippen LogP contribution in [0.2, 0.25) is 5.02 Å². The van der Waals surface area contributed by atoms with Crippen molar-refractivity contribution in [2.75, 3.05) is 6.54 Å². The highest BCUT2D eigenvalue weighted by molar-refractivity contribution is 6.30. The fourth-order valence-electron chi connectivity index (χ4n) is 2.88. The molecule has 1 unspecified atom stereocenters. The van der Waals surface area contributed by atoms with Crippen LogP contribution >= 0.6 is 11.6 Å². The molecule has 0 aliphatic carbocycles. The summed E-state index contributed by atoms with van der Waals surface area (Å²) in [4.78, 5) is 21.3. The number of rotatable bonds is 5. The first-order valence-corrected chi connectivity index (χ1v) is 10.1. The topological polar surface area (TPSA) is 120 Å². The molecule has 4 rings (SSSR count). The fraction of sp³-hybridized carbons (Fsp3) is 0.136. The van der Waals surface area contributed by atoms with Gasteiger partial charge in [0.15, 0.2) is 0 Å². The van der Waals surface area contributed by atoms with E-state index in [4.69, 9.17) is 21.5 Å². The van der Waals surface area contributed by atoms with E-state index < -0.39 is 18.2 Å². The van der Waals surface area contributed by atoms with E-state index >= 15 is 0 Å². The van der Waals surface area contributed by atoms with Gasteiger partial charge >= 0.3 is 12.1 Å². The average Bonchev–Trinajstić information content (AvgIpc) is 3.46. The number of carboxylic acids is 1. The summed E-state index contributed by atoms with van der Waals surface area (Å²) in [6.07, 6.45) is -0.540. The molecule has 0 aliphatic rings. The summed E-state index contributed by atoms with van der Waals surface area (Å²) in [7, 11) is 0. The van der Waals surface area contributed by atoms with Crippen molar-refractivity contribution >= 4 is 34.4 Å². The van der Waals surface area contributed by atoms with Gasteiger partial charge < -0.3 is 20.1 Å². The predicted octanol–water partition coefficient (Wildman–Crippen LogP) is 4.10. The zero-order chi connectivity index (χ0) is 24.9. The van der Waals surface area contributed by atoms with E-state index in [-0.39, 0.29) is 12.5 Å². The molecule has 34 heavy (non-hydrogen) atoms. The van der Waals surface area contributed by atoms with Crippen LogP contribution in [0.4, 0.5) is 13.2 Å². The van der Waals surface area contributed by atoms with Crippen LogP contribution in [0.25, 0.3) is 16.6 Å². The third-order valence-corrected chi connectivity index (χ3v) is 4.88. The Morgan fingerprint density at radius 2 is 1.82 bits per heavy atom. The Kier molecular flexibility index (Phi) is 7.59. The van der Waals surface area contributed by atoms with Gasteiger partial charge in [-0.1, -0.05) is 23.7 Å². The van der Waals surface area contributed by atoms with Gasteiger partial charge in [-0.15, -0.1) is 0 Å². The van der Waals surface area contributed by atoms with Gasteiger partial charge in [0.25, 0.3) is 5.91 Å². The molecular weight excluding hydrogens is 477 g/mol. The van der Waals surface area contributed by atoms with Crippen LogP contribution in [0, 0.1) is 0 Å². The summed E-state index contributed by atoms with van der Waals surface area (Å²) in [5, 5.41) is 28.6. The van der Waals surface area contributed by atoms with E-state index in [1.54, 1.807) is 42.7 Å². The van der Waals surface area contributed by atoms with Gasteiger partial charge in [-0.2, -0.15) is 18.3 Å². The molecule has 0 radical (unpaired) electrons. The zero-order valence-corrected chi connectivity index (χ0v) is 18.0. The number of carbonyl (C=O) groups excluding carboxylic acids is 1. The average molecular weight is 495 g/mol. The molecule has 12 heteroatoms. The maximum Gasteiger partial charge on any atom is 0.490 e. The van der Waals surface area contributed by atoms with Crippen LogP contribution in [0.5, 0.6) is 0 Å². The van der Waals surface area contributed by atoms with Gasteiger partial charge in [-0.3, -0.25) is 9.89 Å². The van der Waals surface area contributed by atoms with Crippen LogP contribution in [0.3, 0.4) is 0 Å². The highest BCUT2D eigenvalue weighted by Gasteiger charge is 2.38. The molecule has 0 fully saturated rings. The number of benzene rings is 2. The molecule has 2 heterocycles. The minimum atomic E-state index is -5.08. The maximum atomic E-state index is 12.4. The van der Waals surface area contributed by atoms with Crippen molar-refractivity contribution in [2.24, 2.45) is 0 Å². The lowest BCUT2D eigenvalue weighted by Crippen LogP contribution is -2.28. The molecule has 178 valence electrons. The van der Waals surface area contributed by atoms with Crippen molar-refractivity contribution in [2.45, 2.75) is 12.3 Å². The van der Waals surface area contributed by atoms with Crippen LogP contribution in [0.1, 0.15) is 22.0 Å². The van der Waals surface area contributed by atoms with Gasteiger partial charge in [0.05, 0.1) is 23.4 Å². The number of aromatic amines is 1. The molecule has 1 amide bonds. The van der Waals surface area contributed by atoms with E-state index in [2.05, 4.69) is 15.5 Å². The Hall–Kier alpha value is -3.83. The number of H-pyrrole nitrogens is 1. The molecule has 0 saturated heterocycles. The summed E-state index contributed by atoms with van der Waals surface area (Å²) < 4.78 is 33.6. The third-order valence-electron chi connectivity index (χ3n) is 4.63. The zero-order valence-electron chi connectivity index (χ0n) is 17.3. The Balaban J connectivity index is 0.000000406. The molecule has 2 aromatic carbocycles. The first kappa shape index (κ1) is 24.8. The van der Waals surface area contributed by atoms with E-state index in [1.807, 2.05) is 29.0 Å². The van der Waals surface area contributed by atoms with Crippen LogP contribution in [-0.2, 0) is 4.79 Å². The molecular formula is C22H18ClF3N4O4. The third kappa shape index (κ3) is 6.36. The standard InChI is InChI=1S/C20H17ClN4O2.C2HF3O2/c21-16-3-1-13(2-4-16)19(26)11-22-20(27)14-7-8-25(12-14)17-5-6-18-15(9-17)10-23-24-18;3-2(4,5)1(6)7/h1-10,12,19,26H,11H2,(H,22,27)(H,23,24);(H,6,7). The van der Waals surface area contributed by atoms with Crippen molar-refractivity contribution < 1.29 is 33.0 Å². The van der Waals surface area contributed by atoms with E-state index in [1.165, 1.54) is 0 Å². The lowest BCUT2D eigenvalue weighted by atomic mass is 10.1. The van der Waals surface area contributed by atoms with Gasteiger partial charge in [0, 0.05) is 35.0 Å². The van der Waals surface area contributed by atoms with Crippen molar-refractivity contribution in [3.63, 3.8) is 0 Å². The minimum absolute atomic E-state index is 0.118. The maximum absolute atomic E-state index is 12.4. The largest absolute Gasteiger partial charge is 0.490 e. The van der Waals surface area contributed by atoms with Gasteiger partial charge in [-0.25, -0.2) is 4.79 Å². The quantitative estimate of drug-likeness (QED) is 0.333. The fourth-order valence-corrected chi connectivity index (χ4v) is 3.00. The molecule has 2 aromatic heterocycles. The monoisotopic (exact) mass is 494 g/mol. The van der Waals surface area contributed by atoms with E-state index in [0.717, 1.165) is 16.6 Å². The van der Waals surface area contributed by atoms with E-state index in [9.17, 15) is 23.1 Å². The molecule has 0 spiro atoms. The van der Waals surface area contributed by atoms with Crippen molar-refractivity contribution in [3.05, 3.63) is 83.3 Å². The smallest absolute Gasteiger partial charge is 0.475 e. The highest BCUT2D eigenvalue weighted by Crippen LogP contribution is 2.18. The van der Waals surface area contributed by atoms with Crippen LogP contribution in [-0.4, -0.2) is 49.6 Å². The number of carboxylic acid groups (broad SMARTS) is 1. The summed E-state index contributed by atoms with van der Waals surface area (Å²) in [5.41, 5.74) is 3.11. The number of aliphatic carboxylic acids is 1. The molecule has 0 saturated carbocycles. The van der Waals surface area contributed by atoms with Gasteiger partial charge in [0.1, 0.15) is 0 Å². The SMILES string of the molecule is O=C(NCC(O)c1ccc(Cl)cc1)c1ccn(-c2ccc3[nH]ncc3c2)c1.O=C(O)C(F)(F)F. The van der Waals surface area contributed by atoms with E-state index in [0.29, 0.717) is 16.1 Å². The summed E-state index contributed by atoms with van der Waals surface area (Å²) in [5.74, 6) is -3.00. The Morgan fingerprint density at radius 3 is 2.47 bits per heavy atom. The molecule has 4 aromatic rings. The molecule has 8 nitrogen and oxygen atoms in total. The molecule has 0 aliphatic heterocycles. The highest BCUT2D eigenvalue weighted by atomic mass is 35.5. The number of nitrogens with one attached hydrogen (secondary N) is 2. The number of carbonyl (C=O) groups is 2. The number of aliphatic hydroxyl groups is 1.